The van der Waals surface area contributed by atoms with Gasteiger partial charge in [-0.25, -0.2) is 0 Å². The second kappa shape index (κ2) is 6.32. The molecule has 0 atom stereocenters. The number of aromatic nitrogens is 2. The number of likely N-dealkylation sites (tertiary alicyclic amines) is 1. The van der Waals surface area contributed by atoms with Gasteiger partial charge in [-0.2, -0.15) is 0 Å². The molecule has 0 saturated carbocycles. The van der Waals surface area contributed by atoms with Crippen LogP contribution in [0.2, 0.25) is 0 Å². The van der Waals surface area contributed by atoms with Crippen LogP contribution in [0.25, 0.3) is 5.82 Å². The fraction of sp³-hybridized carbons (Fsp3) is 0.556. The summed E-state index contributed by atoms with van der Waals surface area (Å²) in [6, 6.07) is 3.86. The van der Waals surface area contributed by atoms with Crippen molar-refractivity contribution in [1.29, 1.82) is 0 Å². The Labute approximate surface area is 137 Å². The number of nitrogens with zero attached hydrogens (tertiary/aromatic N) is 3. The van der Waals surface area contributed by atoms with Gasteiger partial charge >= 0.3 is 0 Å². The molecule has 23 heavy (non-hydrogen) atoms. The van der Waals surface area contributed by atoms with Crippen molar-refractivity contribution in [3.63, 3.8) is 0 Å². The largest absolute Gasteiger partial charge is 0.360 e. The molecule has 124 valence electrons. The van der Waals surface area contributed by atoms with Crippen molar-refractivity contribution in [2.75, 3.05) is 19.6 Å². The van der Waals surface area contributed by atoms with Gasteiger partial charge in [0.05, 0.1) is 6.54 Å². The number of piperidine rings is 1. The molecular formula is C18H25N3O2. The lowest BCUT2D eigenvalue weighted by Gasteiger charge is -2.29. The van der Waals surface area contributed by atoms with E-state index in [0.717, 1.165) is 47.5 Å². The molecule has 1 fully saturated rings. The van der Waals surface area contributed by atoms with Gasteiger partial charge in [0.2, 0.25) is 0 Å². The first-order valence-corrected chi connectivity index (χ1v) is 8.34. The summed E-state index contributed by atoms with van der Waals surface area (Å²) in [5.74, 6) is 2.48. The maximum atomic E-state index is 12.7. The maximum Gasteiger partial charge on any atom is 0.180 e. The number of carbonyl (C=O) groups excluding carboxylic acids is 1. The first-order chi connectivity index (χ1) is 11.0. The second-order valence-electron chi connectivity index (χ2n) is 6.80. The molecule has 2 aromatic heterocycles. The van der Waals surface area contributed by atoms with E-state index in [1.807, 2.05) is 37.5 Å². The number of carbonyl (C=O) groups is 1. The Hall–Kier alpha value is -1.88. The minimum absolute atomic E-state index is 0.194. The summed E-state index contributed by atoms with van der Waals surface area (Å²) in [5.41, 5.74) is 2.74. The Kier molecular flexibility index (Phi) is 4.39. The minimum atomic E-state index is 0.194. The number of hydrogen-bond acceptors (Lipinski definition) is 4. The van der Waals surface area contributed by atoms with Crippen LogP contribution in [0.5, 0.6) is 0 Å². The molecule has 0 aliphatic carbocycles. The molecule has 0 aromatic carbocycles. The normalized spacial score (nSPS) is 16.9. The fourth-order valence-corrected chi connectivity index (χ4v) is 3.36. The zero-order valence-electron chi connectivity index (χ0n) is 14.4. The van der Waals surface area contributed by atoms with E-state index in [0.29, 0.717) is 6.54 Å². The monoisotopic (exact) mass is 315 g/mol. The van der Waals surface area contributed by atoms with Crippen LogP contribution >= 0.6 is 0 Å². The van der Waals surface area contributed by atoms with Crippen molar-refractivity contribution >= 4 is 5.78 Å². The first kappa shape index (κ1) is 16.0. The average molecular weight is 315 g/mol. The molecule has 0 unspecified atom stereocenters. The molecule has 0 bridgehead atoms. The highest BCUT2D eigenvalue weighted by Crippen LogP contribution is 2.22. The Morgan fingerprint density at radius 2 is 1.96 bits per heavy atom. The minimum Gasteiger partial charge on any atom is -0.360 e. The topological polar surface area (TPSA) is 51.3 Å². The van der Waals surface area contributed by atoms with E-state index in [4.69, 9.17) is 4.52 Å². The van der Waals surface area contributed by atoms with Crippen LogP contribution in [0, 0.1) is 26.7 Å². The summed E-state index contributed by atoms with van der Waals surface area (Å²) in [5, 5.41) is 4.07. The predicted molar refractivity (Wildman–Crippen MR) is 89.2 cm³/mol. The third-order valence-corrected chi connectivity index (χ3v) is 4.82. The van der Waals surface area contributed by atoms with Gasteiger partial charge in [-0.05, 0) is 58.7 Å². The molecule has 0 spiro atoms. The Balaban J connectivity index is 1.79. The van der Waals surface area contributed by atoms with Gasteiger partial charge in [-0.1, -0.05) is 12.1 Å². The average Bonchev–Trinajstić information content (AvgIpc) is 3.05. The van der Waals surface area contributed by atoms with Gasteiger partial charge in [-0.15, -0.1) is 0 Å². The number of aryl methyl sites for hydroxylation is 2. The molecule has 3 heterocycles. The van der Waals surface area contributed by atoms with Gasteiger partial charge in [0, 0.05) is 23.0 Å². The first-order valence-electron chi connectivity index (χ1n) is 8.34. The van der Waals surface area contributed by atoms with E-state index in [1.165, 1.54) is 12.8 Å². The lowest BCUT2D eigenvalue weighted by atomic mass is 9.99. The third-order valence-electron chi connectivity index (χ3n) is 4.82. The van der Waals surface area contributed by atoms with Crippen molar-refractivity contribution in [3.8, 4) is 5.82 Å². The number of hydrogen-bond donors (Lipinski definition) is 0. The highest BCUT2D eigenvalue weighted by molar-refractivity contribution is 5.99. The summed E-state index contributed by atoms with van der Waals surface area (Å²) < 4.78 is 7.15. The highest BCUT2D eigenvalue weighted by Gasteiger charge is 2.22. The highest BCUT2D eigenvalue weighted by atomic mass is 16.5. The van der Waals surface area contributed by atoms with Gasteiger partial charge in [0.1, 0.15) is 5.76 Å². The van der Waals surface area contributed by atoms with Gasteiger partial charge in [0.15, 0.2) is 11.6 Å². The van der Waals surface area contributed by atoms with Crippen LogP contribution in [0.15, 0.2) is 16.7 Å². The van der Waals surface area contributed by atoms with Crippen molar-refractivity contribution < 1.29 is 9.32 Å². The lowest BCUT2D eigenvalue weighted by molar-refractivity contribution is 0.0899. The summed E-state index contributed by atoms with van der Waals surface area (Å²) in [6.45, 7) is 10.7. The van der Waals surface area contributed by atoms with Crippen molar-refractivity contribution in [2.45, 2.75) is 40.5 Å². The maximum absolute atomic E-state index is 12.7. The van der Waals surface area contributed by atoms with Crippen LogP contribution in [0.4, 0.5) is 0 Å². The zero-order chi connectivity index (χ0) is 16.6. The number of ketones is 1. The SMILES string of the molecule is Cc1cc(-n2c(C)cc(C(=O)CN3CCC(C)CC3)c2C)no1. The van der Waals surface area contributed by atoms with E-state index in [1.54, 1.807) is 0 Å². The van der Waals surface area contributed by atoms with Gasteiger partial charge in [-0.3, -0.25) is 14.3 Å². The molecule has 0 amide bonds. The Bertz CT molecular complexity index is 706. The number of rotatable bonds is 4. The summed E-state index contributed by atoms with van der Waals surface area (Å²) in [4.78, 5) is 15.0. The van der Waals surface area contributed by atoms with E-state index >= 15 is 0 Å². The van der Waals surface area contributed by atoms with Crippen LogP contribution in [0.1, 0.15) is 47.3 Å². The Morgan fingerprint density at radius 3 is 2.57 bits per heavy atom. The molecule has 1 aliphatic rings. The standard InChI is InChI=1S/C18H25N3O2/c1-12-5-7-20(8-6-12)11-17(22)16-9-13(2)21(15(16)4)18-10-14(3)23-19-18/h9-10,12H,5-8,11H2,1-4H3. The quantitative estimate of drug-likeness (QED) is 0.812. The van der Waals surface area contributed by atoms with E-state index < -0.39 is 0 Å². The van der Waals surface area contributed by atoms with Crippen molar-refractivity contribution in [1.82, 2.24) is 14.6 Å². The predicted octanol–water partition coefficient (Wildman–Crippen LogP) is 3.31. The van der Waals surface area contributed by atoms with E-state index in [-0.39, 0.29) is 5.78 Å². The van der Waals surface area contributed by atoms with Crippen LogP contribution in [-0.2, 0) is 0 Å². The second-order valence-corrected chi connectivity index (χ2v) is 6.80. The smallest absolute Gasteiger partial charge is 0.180 e. The molecule has 0 N–H and O–H groups in total. The van der Waals surface area contributed by atoms with Crippen molar-refractivity contribution in [2.24, 2.45) is 5.92 Å². The third kappa shape index (κ3) is 3.24. The summed E-state index contributed by atoms with van der Waals surface area (Å²) >= 11 is 0. The van der Waals surface area contributed by atoms with E-state index in [9.17, 15) is 4.79 Å². The van der Waals surface area contributed by atoms with Crippen molar-refractivity contribution in [3.05, 3.63) is 34.8 Å². The molecule has 5 heteroatoms. The lowest BCUT2D eigenvalue weighted by Crippen LogP contribution is -2.36. The molecule has 3 rings (SSSR count). The molecule has 5 nitrogen and oxygen atoms in total. The van der Waals surface area contributed by atoms with Gasteiger partial charge in [0.25, 0.3) is 0 Å². The van der Waals surface area contributed by atoms with Crippen LogP contribution < -0.4 is 0 Å². The van der Waals surface area contributed by atoms with Crippen LogP contribution in [-0.4, -0.2) is 40.0 Å². The fourth-order valence-electron chi connectivity index (χ4n) is 3.36. The van der Waals surface area contributed by atoms with Gasteiger partial charge < -0.3 is 4.52 Å². The molecule has 0 radical (unpaired) electrons. The van der Waals surface area contributed by atoms with E-state index in [2.05, 4.69) is 17.0 Å². The number of Topliss-reactive ketones (excluding diaryl/α,β-unsaturated/α-hetero) is 1. The van der Waals surface area contributed by atoms with Crippen LogP contribution in [0.3, 0.4) is 0 Å². The summed E-state index contributed by atoms with van der Waals surface area (Å²) in [7, 11) is 0. The Morgan fingerprint density at radius 1 is 1.26 bits per heavy atom. The summed E-state index contributed by atoms with van der Waals surface area (Å²) in [6.07, 6.45) is 2.37. The molecule has 2 aromatic rings. The molecular weight excluding hydrogens is 290 g/mol. The molecule has 1 aliphatic heterocycles. The molecule has 1 saturated heterocycles. The zero-order valence-corrected chi connectivity index (χ0v) is 14.4.